The Hall–Kier alpha value is -4.41. The molecule has 0 amide bonds. The smallest absolute Gasteiger partial charge is 0.429 e. The Kier molecular flexibility index (Phi) is 11.1. The Morgan fingerprint density at radius 3 is 1.96 bits per heavy atom. The van der Waals surface area contributed by atoms with Gasteiger partial charge in [0.05, 0.1) is 13.2 Å². The van der Waals surface area contributed by atoms with E-state index in [-0.39, 0.29) is 34.6 Å². The Morgan fingerprint density at radius 1 is 0.771 bits per heavy atom. The quantitative estimate of drug-likeness (QED) is 0.111. The predicted molar refractivity (Wildman–Crippen MR) is 169 cm³/mol. The minimum atomic E-state index is -4.39. The molecule has 1 aliphatic heterocycles. The van der Waals surface area contributed by atoms with E-state index < -0.39 is 52.8 Å². The number of alkyl halides is 2. The van der Waals surface area contributed by atoms with Gasteiger partial charge in [0.15, 0.2) is 6.29 Å². The van der Waals surface area contributed by atoms with Crippen molar-refractivity contribution in [1.82, 2.24) is 0 Å². The molecule has 5 rings (SSSR count). The zero-order valence-electron chi connectivity index (χ0n) is 26.1. The van der Waals surface area contributed by atoms with Crippen LogP contribution in [-0.2, 0) is 22.0 Å². The lowest BCUT2D eigenvalue weighted by Crippen LogP contribution is -2.28. The van der Waals surface area contributed by atoms with E-state index in [1.807, 2.05) is 19.1 Å². The third-order valence-corrected chi connectivity index (χ3v) is 8.02. The van der Waals surface area contributed by atoms with Gasteiger partial charge in [0.2, 0.25) is 0 Å². The third kappa shape index (κ3) is 7.99. The standard InChI is InChI=1S/C38H33F7O3/c1-3-5-7-8-23-21-46-37(47-22-23)27-19-34(42)36(35(43)20-27)38(44,45)48-28-13-10-24(11-14-28)25-12-15-29(31(39)16-25)26-17-32(40)30(9-6-4-2)33(41)18-26/h3-5,10-20,23,37H,2,6-9,21-22H2,1H3. The first-order chi connectivity index (χ1) is 23.0. The van der Waals surface area contributed by atoms with Crippen molar-refractivity contribution < 1.29 is 44.9 Å². The maximum atomic E-state index is 15.1. The lowest BCUT2D eigenvalue weighted by molar-refractivity contribution is -0.206. The summed E-state index contributed by atoms with van der Waals surface area (Å²) in [6.07, 6.45) is 2.13. The van der Waals surface area contributed by atoms with Crippen LogP contribution in [0.5, 0.6) is 5.75 Å². The van der Waals surface area contributed by atoms with Crippen molar-refractivity contribution in [1.29, 1.82) is 0 Å². The van der Waals surface area contributed by atoms with E-state index in [9.17, 15) is 17.6 Å². The second-order valence-electron chi connectivity index (χ2n) is 11.5. The minimum Gasteiger partial charge on any atom is -0.429 e. The number of ether oxygens (including phenoxy) is 3. The van der Waals surface area contributed by atoms with Gasteiger partial charge in [-0.25, -0.2) is 22.0 Å². The monoisotopic (exact) mass is 670 g/mol. The molecule has 0 radical (unpaired) electrons. The average molecular weight is 671 g/mol. The summed E-state index contributed by atoms with van der Waals surface area (Å²) in [4.78, 5) is 0. The molecule has 252 valence electrons. The molecule has 0 spiro atoms. The fourth-order valence-corrected chi connectivity index (χ4v) is 5.49. The van der Waals surface area contributed by atoms with Gasteiger partial charge in [-0.05, 0) is 91.8 Å². The fraction of sp³-hybridized carbons (Fsp3) is 0.263. The van der Waals surface area contributed by atoms with Crippen LogP contribution < -0.4 is 4.74 Å². The van der Waals surface area contributed by atoms with Gasteiger partial charge in [0, 0.05) is 22.6 Å². The maximum absolute atomic E-state index is 15.1. The third-order valence-electron chi connectivity index (χ3n) is 8.02. The zero-order chi connectivity index (χ0) is 34.4. The van der Waals surface area contributed by atoms with Gasteiger partial charge in [0.1, 0.15) is 40.4 Å². The van der Waals surface area contributed by atoms with Gasteiger partial charge in [-0.3, -0.25) is 0 Å². The Balaban J connectivity index is 1.27. The first-order valence-corrected chi connectivity index (χ1v) is 15.4. The highest BCUT2D eigenvalue weighted by Gasteiger charge is 2.42. The molecule has 0 saturated carbocycles. The van der Waals surface area contributed by atoms with E-state index in [4.69, 9.17) is 14.2 Å². The first kappa shape index (κ1) is 34.9. The molecule has 10 heteroatoms. The topological polar surface area (TPSA) is 27.7 Å². The van der Waals surface area contributed by atoms with E-state index in [2.05, 4.69) is 6.58 Å². The van der Waals surface area contributed by atoms with Gasteiger partial charge < -0.3 is 14.2 Å². The SMILES string of the molecule is C=CCCc1c(F)cc(-c2ccc(-c3ccc(OC(F)(F)c4c(F)cc(C5OCC(CCC=CC)CO5)cc4F)cc3)cc2F)cc1F. The van der Waals surface area contributed by atoms with Crippen LogP contribution in [0.25, 0.3) is 22.3 Å². The molecule has 1 fully saturated rings. The number of halogens is 7. The molecule has 0 N–H and O–H groups in total. The zero-order valence-corrected chi connectivity index (χ0v) is 26.1. The second-order valence-corrected chi connectivity index (χ2v) is 11.5. The van der Waals surface area contributed by atoms with Crippen molar-refractivity contribution in [2.75, 3.05) is 13.2 Å². The highest BCUT2D eigenvalue weighted by Crippen LogP contribution is 2.38. The van der Waals surface area contributed by atoms with Crippen LogP contribution in [0.3, 0.4) is 0 Å². The van der Waals surface area contributed by atoms with Crippen molar-refractivity contribution >= 4 is 0 Å². The molecule has 0 atom stereocenters. The van der Waals surface area contributed by atoms with Crippen molar-refractivity contribution in [3.63, 3.8) is 0 Å². The van der Waals surface area contributed by atoms with E-state index in [1.54, 1.807) is 6.08 Å². The molecule has 0 aromatic heterocycles. The van der Waals surface area contributed by atoms with Crippen LogP contribution in [0.15, 0.2) is 91.5 Å². The van der Waals surface area contributed by atoms with Gasteiger partial charge in [-0.1, -0.05) is 42.5 Å². The lowest BCUT2D eigenvalue weighted by Gasteiger charge is -2.30. The Labute approximate surface area is 274 Å². The summed E-state index contributed by atoms with van der Waals surface area (Å²) in [5, 5.41) is 0. The molecule has 1 aliphatic rings. The molecule has 48 heavy (non-hydrogen) atoms. The summed E-state index contributed by atoms with van der Waals surface area (Å²) < 4.78 is 120. The van der Waals surface area contributed by atoms with Gasteiger partial charge in [-0.15, -0.1) is 6.58 Å². The van der Waals surface area contributed by atoms with E-state index in [0.717, 1.165) is 55.3 Å². The summed E-state index contributed by atoms with van der Waals surface area (Å²) in [7, 11) is 0. The molecule has 0 bridgehead atoms. The van der Waals surface area contributed by atoms with Crippen molar-refractivity contribution in [2.24, 2.45) is 5.92 Å². The number of allylic oxidation sites excluding steroid dienone is 3. The van der Waals surface area contributed by atoms with Crippen LogP contribution >= 0.6 is 0 Å². The molecule has 4 aromatic carbocycles. The van der Waals surface area contributed by atoms with Crippen LogP contribution in [0.2, 0.25) is 0 Å². The summed E-state index contributed by atoms with van der Waals surface area (Å²) in [6, 6.07) is 12.6. The van der Waals surface area contributed by atoms with Crippen molar-refractivity contribution in [2.45, 2.75) is 45.0 Å². The molecule has 0 aliphatic carbocycles. The second kappa shape index (κ2) is 15.2. The Bertz CT molecular complexity index is 1730. The first-order valence-electron chi connectivity index (χ1n) is 15.4. The fourth-order valence-electron chi connectivity index (χ4n) is 5.49. The number of benzene rings is 4. The van der Waals surface area contributed by atoms with Gasteiger partial charge in [0.25, 0.3) is 0 Å². The van der Waals surface area contributed by atoms with Crippen LogP contribution in [-0.4, -0.2) is 13.2 Å². The molecule has 1 saturated heterocycles. The maximum Gasteiger partial charge on any atom is 0.432 e. The highest BCUT2D eigenvalue weighted by atomic mass is 19.3. The summed E-state index contributed by atoms with van der Waals surface area (Å²) >= 11 is 0. The number of hydrogen-bond donors (Lipinski definition) is 0. The van der Waals surface area contributed by atoms with Crippen LogP contribution in [0.4, 0.5) is 30.7 Å². The van der Waals surface area contributed by atoms with Crippen molar-refractivity contribution in [3.8, 4) is 28.0 Å². The number of rotatable bonds is 12. The van der Waals surface area contributed by atoms with Crippen LogP contribution in [0.1, 0.15) is 49.2 Å². The van der Waals surface area contributed by atoms with Crippen molar-refractivity contribution in [3.05, 3.63) is 137 Å². The summed E-state index contributed by atoms with van der Waals surface area (Å²) in [5.41, 5.74) is -1.05. The highest BCUT2D eigenvalue weighted by molar-refractivity contribution is 5.71. The molecule has 3 nitrogen and oxygen atoms in total. The molecular weight excluding hydrogens is 637 g/mol. The lowest BCUT2D eigenvalue weighted by atomic mass is 9.97. The van der Waals surface area contributed by atoms with E-state index in [1.165, 1.54) is 24.3 Å². The normalized spacial score (nSPS) is 16.8. The molecule has 4 aromatic rings. The molecule has 0 unspecified atom stereocenters. The summed E-state index contributed by atoms with van der Waals surface area (Å²) in [5.74, 6) is -5.73. The van der Waals surface area contributed by atoms with E-state index in [0.29, 0.717) is 30.8 Å². The number of hydrogen-bond acceptors (Lipinski definition) is 3. The molecule has 1 heterocycles. The predicted octanol–water partition coefficient (Wildman–Crippen LogP) is 11.0. The van der Waals surface area contributed by atoms with E-state index >= 15 is 13.2 Å². The average Bonchev–Trinajstić information content (AvgIpc) is 3.04. The minimum absolute atomic E-state index is 0.0120. The van der Waals surface area contributed by atoms with Crippen LogP contribution in [0, 0.1) is 35.0 Å². The van der Waals surface area contributed by atoms with Gasteiger partial charge >= 0.3 is 6.11 Å². The largest absolute Gasteiger partial charge is 0.432 e. The van der Waals surface area contributed by atoms with Gasteiger partial charge in [-0.2, -0.15) is 8.78 Å². The molecular formula is C38H33F7O3. The summed E-state index contributed by atoms with van der Waals surface area (Å²) in [6.45, 7) is 6.04. The Morgan fingerprint density at radius 2 is 1.38 bits per heavy atom.